The highest BCUT2D eigenvalue weighted by molar-refractivity contribution is 9.11. The molecule has 2 heterocycles. The predicted octanol–water partition coefficient (Wildman–Crippen LogP) is 8.21. The van der Waals surface area contributed by atoms with Crippen molar-refractivity contribution in [3.05, 3.63) is 68.0 Å². The number of fused-ring (bicyclic) bond motifs is 2. The highest BCUT2D eigenvalue weighted by Gasteiger charge is 2.21. The zero-order chi connectivity index (χ0) is 27.2. The van der Waals surface area contributed by atoms with E-state index in [0.29, 0.717) is 26.7 Å². The Morgan fingerprint density at radius 2 is 1.17 bits per heavy atom. The molecule has 0 aliphatic carbocycles. The number of ether oxygens (including phenoxy) is 2. The third kappa shape index (κ3) is 7.41. The quantitative estimate of drug-likeness (QED) is 0.125. The molecular weight excluding hydrogens is 632 g/mol. The summed E-state index contributed by atoms with van der Waals surface area (Å²) in [6.07, 6.45) is 2.25. The summed E-state index contributed by atoms with van der Waals surface area (Å²) in [5.74, 6) is -0.851. The highest BCUT2D eigenvalue weighted by Crippen LogP contribution is 2.35. The second kappa shape index (κ2) is 12.2. The Hall–Kier alpha value is -3.19. The molecule has 0 N–H and O–H groups in total. The van der Waals surface area contributed by atoms with Crippen molar-refractivity contribution in [2.45, 2.75) is 0 Å². The van der Waals surface area contributed by atoms with Gasteiger partial charge in [0.25, 0.3) is 0 Å². The maximum Gasteiger partial charge on any atom is 0.673 e. The Bertz CT molecular complexity index is 1450. The summed E-state index contributed by atoms with van der Waals surface area (Å²) in [6, 6.07) is 5.60. The van der Waals surface area contributed by atoms with Crippen LogP contribution < -0.4 is 9.47 Å². The number of rotatable bonds is 2. The zero-order valence-corrected chi connectivity index (χ0v) is 21.2. The lowest BCUT2D eigenvalue weighted by Gasteiger charge is -2.05. The monoisotopic (exact) mass is 642 g/mol. The van der Waals surface area contributed by atoms with Crippen LogP contribution >= 0.6 is 31.9 Å². The van der Waals surface area contributed by atoms with Crippen LogP contribution in [-0.2, 0) is 0 Å². The maximum atomic E-state index is 13.6. The number of benzene rings is 2. The van der Waals surface area contributed by atoms with Gasteiger partial charge < -0.3 is 26.7 Å². The Morgan fingerprint density at radius 1 is 0.750 bits per heavy atom. The molecule has 0 bridgehead atoms. The minimum absolute atomic E-state index is 0.115. The van der Waals surface area contributed by atoms with E-state index in [2.05, 4.69) is 46.8 Å². The summed E-state index contributed by atoms with van der Waals surface area (Å²) in [5, 5.41) is 9.55. The lowest BCUT2D eigenvalue weighted by molar-refractivity contribution is 0.368. The van der Waals surface area contributed by atoms with Crippen molar-refractivity contribution < 1.29 is 39.9 Å². The molecule has 2 aromatic carbocycles. The molecule has 0 saturated carbocycles. The number of diazo groups is 1. The van der Waals surface area contributed by atoms with Crippen molar-refractivity contribution in [3.8, 4) is 11.5 Å². The average molecular weight is 644 g/mol. The van der Waals surface area contributed by atoms with Gasteiger partial charge in [0.15, 0.2) is 22.4 Å². The summed E-state index contributed by atoms with van der Waals surface area (Å²) in [4.78, 5) is 10.6. The van der Waals surface area contributed by atoms with Gasteiger partial charge in [0.05, 0.1) is 24.9 Å². The fraction of sp³-hybridized carbons (Fsp3) is 0.100. The molecule has 0 radical (unpaired) electrons. The van der Waals surface area contributed by atoms with Gasteiger partial charge in [-0.05, 0) is 44.0 Å². The Morgan fingerprint density at radius 3 is 1.58 bits per heavy atom. The smallest absolute Gasteiger partial charge is 0.497 e. The molecule has 6 nitrogen and oxygen atoms in total. The van der Waals surface area contributed by atoms with Crippen molar-refractivity contribution >= 4 is 66.6 Å². The first-order valence-electron chi connectivity index (χ1n) is 9.32. The van der Waals surface area contributed by atoms with E-state index < -0.39 is 24.7 Å². The molecular formula is C20H12BBr2F7N4O2. The first-order valence-corrected chi connectivity index (χ1v) is 10.9. The van der Waals surface area contributed by atoms with Gasteiger partial charge in [-0.2, -0.15) is 0 Å². The van der Waals surface area contributed by atoms with E-state index in [0.717, 1.165) is 6.20 Å². The second-order valence-electron chi connectivity index (χ2n) is 6.48. The number of halogens is 9. The summed E-state index contributed by atoms with van der Waals surface area (Å²) >= 11 is 6.26. The molecule has 36 heavy (non-hydrogen) atoms. The Labute approximate surface area is 215 Å². The number of hydrogen-bond donors (Lipinski definition) is 0. The van der Waals surface area contributed by atoms with Crippen LogP contribution in [0.25, 0.3) is 26.8 Å². The number of methoxy groups -OCH3 is 2. The average Bonchev–Trinajstić information content (AvgIpc) is 2.81. The van der Waals surface area contributed by atoms with Gasteiger partial charge in [0.1, 0.15) is 33.2 Å². The molecule has 0 unspecified atom stereocenters. The molecule has 0 aliphatic rings. The predicted molar refractivity (Wildman–Crippen MR) is 127 cm³/mol. The van der Waals surface area contributed by atoms with Crippen molar-refractivity contribution in [2.24, 2.45) is 0 Å². The van der Waals surface area contributed by atoms with Crippen molar-refractivity contribution in [1.82, 2.24) is 9.97 Å². The minimum atomic E-state index is -6.00. The highest BCUT2D eigenvalue weighted by atomic mass is 79.9. The normalized spacial score (nSPS) is 10.6. The van der Waals surface area contributed by atoms with E-state index >= 15 is 0 Å². The van der Waals surface area contributed by atoms with Crippen LogP contribution in [0.5, 0.6) is 11.5 Å². The van der Waals surface area contributed by atoms with Gasteiger partial charge in [-0.15, -0.1) is 0 Å². The summed E-state index contributed by atoms with van der Waals surface area (Å²) < 4.78 is 89.7. The largest absolute Gasteiger partial charge is 0.673 e. The fourth-order valence-electron chi connectivity index (χ4n) is 2.68. The van der Waals surface area contributed by atoms with Crippen LogP contribution in [0, 0.1) is 22.8 Å². The van der Waals surface area contributed by atoms with Crippen LogP contribution in [0.1, 0.15) is 0 Å². The first-order chi connectivity index (χ1) is 16.8. The molecule has 0 amide bonds. The molecule has 4 aromatic rings. The first kappa shape index (κ1) is 29.0. The summed E-state index contributed by atoms with van der Waals surface area (Å²) in [6.45, 7) is 0. The molecule has 0 saturated heterocycles. The van der Waals surface area contributed by atoms with E-state index in [4.69, 9.17) is 14.9 Å². The molecule has 190 valence electrons. The van der Waals surface area contributed by atoms with Crippen LogP contribution in [0.2, 0.25) is 0 Å². The van der Waals surface area contributed by atoms with E-state index in [1.54, 1.807) is 6.07 Å². The third-order valence-electron chi connectivity index (χ3n) is 4.18. The van der Waals surface area contributed by atoms with E-state index in [9.17, 15) is 30.4 Å². The number of aromatic nitrogens is 2. The van der Waals surface area contributed by atoms with Crippen molar-refractivity contribution in [2.75, 3.05) is 14.2 Å². The van der Waals surface area contributed by atoms with Crippen LogP contribution in [-0.4, -0.2) is 31.4 Å². The molecule has 4 rings (SSSR count). The van der Waals surface area contributed by atoms with Gasteiger partial charge in [-0.1, -0.05) is 0 Å². The van der Waals surface area contributed by atoms with Crippen LogP contribution in [0.3, 0.4) is 0 Å². The molecule has 2 aromatic heterocycles. The maximum absolute atomic E-state index is 13.6. The standard InChI is InChI=1S/C10H6BrF2NO.C10H6BrFN3O.BF4/c1-15-5-2-6-9(11)8(13)4-14-10(6)7(12)3-5;1-16-5-2-6-9(11)8(15-13)4-14-10(6)7(12)3-5;2-1(3,4)5/h2-4H,1H3;2-4H,1H3;/q;+1;-1. The zero-order valence-electron chi connectivity index (χ0n) is 18.0. The van der Waals surface area contributed by atoms with Crippen LogP contribution in [0.15, 0.2) is 45.6 Å². The van der Waals surface area contributed by atoms with E-state index in [1.807, 2.05) is 0 Å². The molecule has 0 atom stereocenters. The second-order valence-corrected chi connectivity index (χ2v) is 8.07. The molecule has 0 spiro atoms. The molecule has 16 heteroatoms. The number of pyridine rings is 2. The van der Waals surface area contributed by atoms with Gasteiger partial charge in [-0.3, -0.25) is 4.98 Å². The topological polar surface area (TPSA) is 72.4 Å². The van der Waals surface area contributed by atoms with Gasteiger partial charge >= 0.3 is 12.9 Å². The third-order valence-corrected chi connectivity index (χ3v) is 5.82. The van der Waals surface area contributed by atoms with Crippen LogP contribution in [0.4, 0.5) is 36.1 Å². The Balaban J connectivity index is 0.000000215. The number of hydrogen-bond acceptors (Lipinski definition) is 5. The van der Waals surface area contributed by atoms with Gasteiger partial charge in [-0.25, -0.2) is 18.2 Å². The summed E-state index contributed by atoms with van der Waals surface area (Å²) in [5.41, 5.74) is 0.546. The van der Waals surface area contributed by atoms with Crippen molar-refractivity contribution in [1.29, 1.82) is 5.39 Å². The van der Waals surface area contributed by atoms with Crippen molar-refractivity contribution in [3.63, 3.8) is 0 Å². The molecule has 0 aliphatic heterocycles. The Kier molecular flexibility index (Phi) is 9.82. The van der Waals surface area contributed by atoms with Gasteiger partial charge in [0, 0.05) is 22.9 Å². The number of nitrogens with zero attached hydrogens (tertiary/aromatic N) is 4. The lowest BCUT2D eigenvalue weighted by Crippen LogP contribution is -2.02. The summed E-state index contributed by atoms with van der Waals surface area (Å²) in [7, 11) is -3.14. The fourth-order valence-corrected chi connectivity index (χ4v) is 3.57. The SMILES string of the molecule is COc1cc(F)c2ncc(F)c(Br)c2c1.COc1cc(F)c2ncc([N+]#N)c(Br)c2c1.F[B-](F)(F)F. The van der Waals surface area contributed by atoms with Gasteiger partial charge in [0.2, 0.25) is 5.39 Å². The molecule has 0 fully saturated rings. The van der Waals surface area contributed by atoms with E-state index in [1.165, 1.54) is 38.6 Å². The lowest BCUT2D eigenvalue weighted by atomic mass is 10.2. The van der Waals surface area contributed by atoms with E-state index in [-0.39, 0.29) is 21.2 Å². The minimum Gasteiger partial charge on any atom is -0.497 e.